The van der Waals surface area contributed by atoms with Crippen molar-refractivity contribution >= 4 is 17.9 Å². The number of nitrogens with zero attached hydrogens (tertiary/aromatic N) is 1. The van der Waals surface area contributed by atoms with Crippen LogP contribution in [0.3, 0.4) is 0 Å². The van der Waals surface area contributed by atoms with Crippen LogP contribution in [0.5, 0.6) is 0 Å². The summed E-state index contributed by atoms with van der Waals surface area (Å²) in [6.07, 6.45) is 1.94. The van der Waals surface area contributed by atoms with E-state index in [2.05, 4.69) is 4.74 Å². The van der Waals surface area contributed by atoms with Crippen LogP contribution in [0, 0.1) is 0 Å². The number of imide groups is 1. The lowest BCUT2D eigenvalue weighted by molar-refractivity contribution is -0.136. The second-order valence-corrected chi connectivity index (χ2v) is 2.68. The van der Waals surface area contributed by atoms with Crippen molar-refractivity contribution in [3.05, 3.63) is 12.2 Å². The number of amides is 3. The number of rotatable bonds is 4. The number of primary amides is 1. The third kappa shape index (κ3) is 2.58. The summed E-state index contributed by atoms with van der Waals surface area (Å²) >= 11 is 0. The number of hydrogen-bond acceptors (Lipinski definition) is 4. The van der Waals surface area contributed by atoms with Crippen LogP contribution in [-0.4, -0.2) is 36.0 Å². The highest BCUT2D eigenvalue weighted by atomic mass is 16.5. The van der Waals surface area contributed by atoms with Crippen LogP contribution in [0.1, 0.15) is 6.42 Å². The lowest BCUT2D eigenvalue weighted by atomic mass is 10.4. The fourth-order valence-corrected chi connectivity index (χ4v) is 1.05. The van der Waals surface area contributed by atoms with Gasteiger partial charge in [-0.05, 0) is 6.42 Å². The first-order valence-corrected chi connectivity index (χ1v) is 4.07. The summed E-state index contributed by atoms with van der Waals surface area (Å²) < 4.78 is 4.44. The van der Waals surface area contributed by atoms with E-state index < -0.39 is 6.09 Å². The molecule has 14 heavy (non-hydrogen) atoms. The topological polar surface area (TPSA) is 89.7 Å². The molecule has 0 aromatic heterocycles. The Hall–Kier alpha value is -1.85. The van der Waals surface area contributed by atoms with E-state index in [0.717, 1.165) is 4.90 Å². The smallest absolute Gasteiger partial charge is 0.404 e. The minimum Gasteiger partial charge on any atom is -0.450 e. The molecule has 0 aromatic carbocycles. The van der Waals surface area contributed by atoms with E-state index in [1.807, 2.05) is 0 Å². The first-order chi connectivity index (χ1) is 6.61. The van der Waals surface area contributed by atoms with E-state index in [1.165, 1.54) is 12.2 Å². The fourth-order valence-electron chi connectivity index (χ4n) is 1.05. The molecule has 1 rings (SSSR count). The zero-order valence-electron chi connectivity index (χ0n) is 7.43. The Bertz CT molecular complexity index is 280. The molecule has 6 heteroatoms. The molecule has 0 radical (unpaired) electrons. The average Bonchev–Trinajstić information content (AvgIpc) is 2.42. The maximum absolute atomic E-state index is 11.0. The Labute approximate surface area is 80.3 Å². The molecule has 0 unspecified atom stereocenters. The summed E-state index contributed by atoms with van der Waals surface area (Å²) in [6, 6.07) is 0. The van der Waals surface area contributed by atoms with E-state index in [4.69, 9.17) is 5.73 Å². The maximum atomic E-state index is 11.0. The molecule has 3 amide bonds. The van der Waals surface area contributed by atoms with E-state index in [0.29, 0.717) is 6.42 Å². The maximum Gasteiger partial charge on any atom is 0.404 e. The van der Waals surface area contributed by atoms with Crippen LogP contribution in [0.15, 0.2) is 12.2 Å². The third-order valence-corrected chi connectivity index (χ3v) is 1.67. The molecule has 0 spiro atoms. The molecule has 0 atom stereocenters. The van der Waals surface area contributed by atoms with Gasteiger partial charge in [0.2, 0.25) is 0 Å². The highest BCUT2D eigenvalue weighted by Gasteiger charge is 2.22. The Morgan fingerprint density at radius 3 is 2.43 bits per heavy atom. The zero-order valence-corrected chi connectivity index (χ0v) is 7.43. The lowest BCUT2D eigenvalue weighted by Crippen LogP contribution is -2.31. The minimum atomic E-state index is -0.859. The highest BCUT2D eigenvalue weighted by Crippen LogP contribution is 2.03. The molecule has 1 aliphatic heterocycles. The first kappa shape index (κ1) is 10.2. The number of ether oxygens (including phenoxy) is 1. The highest BCUT2D eigenvalue weighted by molar-refractivity contribution is 6.12. The molecule has 2 N–H and O–H groups in total. The van der Waals surface area contributed by atoms with Gasteiger partial charge in [-0.1, -0.05) is 0 Å². The molecule has 0 aromatic rings. The van der Waals surface area contributed by atoms with Gasteiger partial charge in [-0.3, -0.25) is 14.5 Å². The predicted octanol–water partition coefficient (Wildman–Crippen LogP) is -0.603. The van der Waals surface area contributed by atoms with Gasteiger partial charge < -0.3 is 10.5 Å². The molecule has 1 aliphatic rings. The largest absolute Gasteiger partial charge is 0.450 e. The van der Waals surface area contributed by atoms with Crippen LogP contribution in [0.2, 0.25) is 0 Å². The van der Waals surface area contributed by atoms with Gasteiger partial charge in [0, 0.05) is 18.7 Å². The summed E-state index contributed by atoms with van der Waals surface area (Å²) in [5, 5.41) is 0. The van der Waals surface area contributed by atoms with E-state index in [9.17, 15) is 14.4 Å². The summed E-state index contributed by atoms with van der Waals surface area (Å²) in [6.45, 7) is 0.338. The van der Waals surface area contributed by atoms with Crippen LogP contribution < -0.4 is 5.73 Å². The summed E-state index contributed by atoms with van der Waals surface area (Å²) in [5.41, 5.74) is 4.72. The van der Waals surface area contributed by atoms with Gasteiger partial charge in [0.05, 0.1) is 6.61 Å². The van der Waals surface area contributed by atoms with Gasteiger partial charge in [-0.2, -0.15) is 0 Å². The average molecular weight is 198 g/mol. The van der Waals surface area contributed by atoms with Gasteiger partial charge in [0.15, 0.2) is 0 Å². The molecular formula is C8H10N2O4. The van der Waals surface area contributed by atoms with Gasteiger partial charge in [-0.15, -0.1) is 0 Å². The molecule has 0 bridgehead atoms. The monoisotopic (exact) mass is 198 g/mol. The Morgan fingerprint density at radius 2 is 1.93 bits per heavy atom. The van der Waals surface area contributed by atoms with Gasteiger partial charge in [0.25, 0.3) is 11.8 Å². The number of carbonyl (C=O) groups excluding carboxylic acids is 3. The Balaban J connectivity index is 2.22. The molecular weight excluding hydrogens is 188 g/mol. The van der Waals surface area contributed by atoms with Gasteiger partial charge in [0.1, 0.15) is 0 Å². The zero-order chi connectivity index (χ0) is 10.6. The minimum absolute atomic E-state index is 0.104. The normalized spacial score (nSPS) is 15.0. The third-order valence-electron chi connectivity index (χ3n) is 1.67. The van der Waals surface area contributed by atoms with Gasteiger partial charge >= 0.3 is 6.09 Å². The summed E-state index contributed by atoms with van der Waals surface area (Å²) in [5.74, 6) is -0.678. The van der Waals surface area contributed by atoms with Crippen molar-refractivity contribution in [1.82, 2.24) is 4.90 Å². The second kappa shape index (κ2) is 4.40. The van der Waals surface area contributed by atoms with E-state index >= 15 is 0 Å². The molecule has 0 aliphatic carbocycles. The molecule has 0 saturated heterocycles. The van der Waals surface area contributed by atoms with Crippen molar-refractivity contribution in [1.29, 1.82) is 0 Å². The van der Waals surface area contributed by atoms with E-state index in [1.54, 1.807) is 0 Å². The first-order valence-electron chi connectivity index (χ1n) is 4.07. The van der Waals surface area contributed by atoms with Gasteiger partial charge in [-0.25, -0.2) is 4.79 Å². The number of carbonyl (C=O) groups is 3. The van der Waals surface area contributed by atoms with Crippen LogP contribution in [0.4, 0.5) is 4.79 Å². The number of hydrogen-bond donors (Lipinski definition) is 1. The molecule has 0 fully saturated rings. The van der Waals surface area contributed by atoms with Crippen molar-refractivity contribution in [2.45, 2.75) is 6.42 Å². The Kier molecular flexibility index (Phi) is 3.22. The van der Waals surface area contributed by atoms with Crippen molar-refractivity contribution in [2.24, 2.45) is 5.73 Å². The van der Waals surface area contributed by atoms with Crippen LogP contribution >= 0.6 is 0 Å². The van der Waals surface area contributed by atoms with Crippen molar-refractivity contribution in [3.63, 3.8) is 0 Å². The standard InChI is InChI=1S/C8H10N2O4/c9-8(13)14-5-1-4-10-6(11)2-3-7(10)12/h2-3H,1,4-5H2,(H2,9,13). The van der Waals surface area contributed by atoms with Crippen LogP contribution in [-0.2, 0) is 14.3 Å². The summed E-state index contributed by atoms with van der Waals surface area (Å²) in [4.78, 5) is 33.2. The van der Waals surface area contributed by atoms with Crippen molar-refractivity contribution < 1.29 is 19.1 Å². The van der Waals surface area contributed by atoms with Crippen LogP contribution in [0.25, 0.3) is 0 Å². The van der Waals surface area contributed by atoms with Crippen molar-refractivity contribution in [3.8, 4) is 0 Å². The van der Waals surface area contributed by atoms with E-state index in [-0.39, 0.29) is 25.0 Å². The Morgan fingerprint density at radius 1 is 1.36 bits per heavy atom. The number of nitrogens with two attached hydrogens (primary N) is 1. The SMILES string of the molecule is NC(=O)OCCCN1C(=O)C=CC1=O. The fraction of sp³-hybridized carbons (Fsp3) is 0.375. The predicted molar refractivity (Wildman–Crippen MR) is 46.0 cm³/mol. The molecule has 1 heterocycles. The quantitative estimate of drug-likeness (QED) is 0.482. The van der Waals surface area contributed by atoms with Crippen molar-refractivity contribution in [2.75, 3.05) is 13.2 Å². The second-order valence-electron chi connectivity index (χ2n) is 2.68. The molecule has 6 nitrogen and oxygen atoms in total. The molecule has 0 saturated carbocycles. The summed E-state index contributed by atoms with van der Waals surface area (Å²) in [7, 11) is 0. The lowest BCUT2D eigenvalue weighted by Gasteiger charge is -2.12. The molecule has 76 valence electrons.